The lowest BCUT2D eigenvalue weighted by atomic mass is 10.2. The lowest BCUT2D eigenvalue weighted by molar-refractivity contribution is -0.115. The Morgan fingerprint density at radius 3 is 2.65 bits per heavy atom. The Kier molecular flexibility index (Phi) is 4.42. The molecule has 0 unspecified atom stereocenters. The summed E-state index contributed by atoms with van der Waals surface area (Å²) >= 11 is 0. The maximum Gasteiger partial charge on any atom is 0.277 e. The Bertz CT molecular complexity index is 602. The van der Waals surface area contributed by atoms with Gasteiger partial charge < -0.3 is 14.8 Å². The molecule has 8 nitrogen and oxygen atoms in total. The van der Waals surface area contributed by atoms with Gasteiger partial charge in [0.2, 0.25) is 5.91 Å². The van der Waals surface area contributed by atoms with Crippen LogP contribution in [-0.4, -0.2) is 41.1 Å². The van der Waals surface area contributed by atoms with Gasteiger partial charge in [-0.1, -0.05) is 0 Å². The van der Waals surface area contributed by atoms with Gasteiger partial charge in [0.25, 0.3) is 10.2 Å². The van der Waals surface area contributed by atoms with Crippen LogP contribution in [0.3, 0.4) is 0 Å². The van der Waals surface area contributed by atoms with E-state index in [9.17, 15) is 13.2 Å². The summed E-state index contributed by atoms with van der Waals surface area (Å²) in [6, 6.07) is 4.96. The molecule has 1 amide bonds. The summed E-state index contributed by atoms with van der Waals surface area (Å²) < 4.78 is 37.1. The largest absolute Gasteiger partial charge is 0.486 e. The summed E-state index contributed by atoms with van der Waals surface area (Å²) in [6.45, 7) is 0.578. The fourth-order valence-electron chi connectivity index (χ4n) is 1.56. The van der Waals surface area contributed by atoms with Gasteiger partial charge in [-0.25, -0.2) is 4.72 Å². The molecule has 0 saturated heterocycles. The number of benzene rings is 1. The highest BCUT2D eigenvalue weighted by Crippen LogP contribution is 2.32. The second-order valence-electron chi connectivity index (χ2n) is 3.94. The number of amides is 1. The maximum absolute atomic E-state index is 11.6. The van der Waals surface area contributed by atoms with Gasteiger partial charge in [-0.2, -0.15) is 13.1 Å². The van der Waals surface area contributed by atoms with Crippen molar-refractivity contribution in [2.75, 3.05) is 32.1 Å². The highest BCUT2D eigenvalue weighted by molar-refractivity contribution is 7.87. The maximum atomic E-state index is 11.6. The fraction of sp³-hybridized carbons (Fsp3) is 0.364. The third kappa shape index (κ3) is 3.83. The first kappa shape index (κ1) is 14.6. The van der Waals surface area contributed by atoms with Crippen molar-refractivity contribution in [3.05, 3.63) is 18.2 Å². The van der Waals surface area contributed by atoms with Crippen LogP contribution in [0, 0.1) is 0 Å². The zero-order valence-electron chi connectivity index (χ0n) is 10.8. The van der Waals surface area contributed by atoms with E-state index in [1.54, 1.807) is 18.2 Å². The van der Waals surface area contributed by atoms with Gasteiger partial charge in [-0.05, 0) is 12.1 Å². The molecule has 0 bridgehead atoms. The Labute approximate surface area is 116 Å². The molecule has 110 valence electrons. The quantitative estimate of drug-likeness (QED) is 0.676. The van der Waals surface area contributed by atoms with Crippen molar-refractivity contribution in [3.63, 3.8) is 0 Å². The Balaban J connectivity index is 1.94. The number of ether oxygens (including phenoxy) is 2. The number of fused-ring (bicyclic) bond motifs is 1. The molecule has 0 spiro atoms. The van der Waals surface area contributed by atoms with E-state index in [1.165, 1.54) is 7.05 Å². The van der Waals surface area contributed by atoms with Crippen LogP contribution in [0.25, 0.3) is 0 Å². The Hall–Kier alpha value is -1.84. The molecule has 1 aromatic rings. The summed E-state index contributed by atoms with van der Waals surface area (Å²) in [5, 5.41) is 2.56. The van der Waals surface area contributed by atoms with Gasteiger partial charge >= 0.3 is 0 Å². The molecule has 0 saturated carbocycles. The predicted octanol–water partition coefficient (Wildman–Crippen LogP) is -0.550. The second-order valence-corrected chi connectivity index (χ2v) is 5.64. The number of anilines is 1. The van der Waals surface area contributed by atoms with Crippen LogP contribution in [0.1, 0.15) is 0 Å². The normalized spacial score (nSPS) is 13.8. The SMILES string of the molecule is CNS(=O)(=O)NCC(=O)Nc1ccc2c(c1)OCCO2. The second kappa shape index (κ2) is 6.07. The average Bonchev–Trinajstić information content (AvgIpc) is 2.45. The number of carbonyl (C=O) groups is 1. The van der Waals surface area contributed by atoms with Crippen LogP contribution in [0.4, 0.5) is 5.69 Å². The fourth-order valence-corrected chi connectivity index (χ4v) is 2.02. The molecule has 3 N–H and O–H groups in total. The molecule has 1 aliphatic heterocycles. The van der Waals surface area contributed by atoms with E-state index >= 15 is 0 Å². The minimum atomic E-state index is -3.63. The third-order valence-corrected chi connectivity index (χ3v) is 3.58. The zero-order chi connectivity index (χ0) is 14.6. The predicted molar refractivity (Wildman–Crippen MR) is 72.0 cm³/mol. The Morgan fingerprint density at radius 2 is 1.95 bits per heavy atom. The number of rotatable bonds is 5. The average molecular weight is 301 g/mol. The first-order chi connectivity index (χ1) is 9.50. The van der Waals surface area contributed by atoms with Gasteiger partial charge in [0.1, 0.15) is 13.2 Å². The number of nitrogens with one attached hydrogen (secondary N) is 3. The monoisotopic (exact) mass is 301 g/mol. The third-order valence-electron chi connectivity index (χ3n) is 2.52. The van der Waals surface area contributed by atoms with Gasteiger partial charge in [0, 0.05) is 18.8 Å². The van der Waals surface area contributed by atoms with E-state index in [-0.39, 0.29) is 6.54 Å². The molecule has 20 heavy (non-hydrogen) atoms. The summed E-state index contributed by atoms with van der Waals surface area (Å²) in [6.07, 6.45) is 0. The van der Waals surface area contributed by atoms with Crippen molar-refractivity contribution in [1.82, 2.24) is 9.44 Å². The van der Waals surface area contributed by atoms with Crippen molar-refractivity contribution >= 4 is 21.8 Å². The van der Waals surface area contributed by atoms with E-state index < -0.39 is 16.1 Å². The van der Waals surface area contributed by atoms with Gasteiger partial charge in [-0.15, -0.1) is 0 Å². The molecular weight excluding hydrogens is 286 g/mol. The first-order valence-corrected chi connectivity index (χ1v) is 7.36. The number of carbonyl (C=O) groups excluding carboxylic acids is 1. The summed E-state index contributed by atoms with van der Waals surface area (Å²) in [4.78, 5) is 11.6. The standard InChI is InChI=1S/C11H15N3O5S/c1-12-20(16,17)13-7-11(15)14-8-2-3-9-10(6-8)19-5-4-18-9/h2-3,6,12-13H,4-5,7H2,1H3,(H,14,15). The van der Waals surface area contributed by atoms with E-state index in [2.05, 4.69) is 10.0 Å². The first-order valence-electron chi connectivity index (χ1n) is 5.88. The molecule has 2 rings (SSSR count). The molecule has 0 radical (unpaired) electrons. The van der Waals surface area contributed by atoms with E-state index in [4.69, 9.17) is 9.47 Å². The molecule has 1 aromatic carbocycles. The van der Waals surface area contributed by atoms with Crippen LogP contribution in [0.5, 0.6) is 11.5 Å². The molecule has 0 atom stereocenters. The van der Waals surface area contributed by atoms with Gasteiger partial charge in [0.05, 0.1) is 6.54 Å². The molecule has 9 heteroatoms. The molecule has 0 fully saturated rings. The molecule has 1 aliphatic rings. The van der Waals surface area contributed by atoms with Crippen LogP contribution in [0.15, 0.2) is 18.2 Å². The zero-order valence-corrected chi connectivity index (χ0v) is 11.6. The van der Waals surface area contributed by atoms with Crippen LogP contribution in [-0.2, 0) is 15.0 Å². The van der Waals surface area contributed by atoms with Gasteiger partial charge in [-0.3, -0.25) is 4.79 Å². The molecule has 1 heterocycles. The van der Waals surface area contributed by atoms with Crippen molar-refractivity contribution in [2.24, 2.45) is 0 Å². The topological polar surface area (TPSA) is 106 Å². The lowest BCUT2D eigenvalue weighted by Crippen LogP contribution is -2.39. The van der Waals surface area contributed by atoms with E-state index in [0.717, 1.165) is 0 Å². The smallest absolute Gasteiger partial charge is 0.277 e. The molecule has 0 aliphatic carbocycles. The van der Waals surface area contributed by atoms with Crippen LogP contribution < -0.4 is 24.2 Å². The molecule has 0 aromatic heterocycles. The summed E-state index contributed by atoms with van der Waals surface area (Å²) in [5.74, 6) is 0.676. The van der Waals surface area contributed by atoms with E-state index in [1.807, 2.05) is 4.72 Å². The highest BCUT2D eigenvalue weighted by Gasteiger charge is 2.13. The lowest BCUT2D eigenvalue weighted by Gasteiger charge is -2.19. The summed E-state index contributed by atoms with van der Waals surface area (Å²) in [7, 11) is -2.38. The van der Waals surface area contributed by atoms with Crippen LogP contribution in [0.2, 0.25) is 0 Å². The van der Waals surface area contributed by atoms with E-state index in [0.29, 0.717) is 30.4 Å². The number of hydrogen-bond acceptors (Lipinski definition) is 5. The number of hydrogen-bond donors (Lipinski definition) is 3. The van der Waals surface area contributed by atoms with Crippen molar-refractivity contribution in [2.45, 2.75) is 0 Å². The minimum Gasteiger partial charge on any atom is -0.486 e. The van der Waals surface area contributed by atoms with Crippen molar-refractivity contribution in [1.29, 1.82) is 0 Å². The summed E-state index contributed by atoms with van der Waals surface area (Å²) in [5.41, 5.74) is 0.503. The highest BCUT2D eigenvalue weighted by atomic mass is 32.2. The van der Waals surface area contributed by atoms with Crippen molar-refractivity contribution < 1.29 is 22.7 Å². The van der Waals surface area contributed by atoms with Crippen LogP contribution >= 0.6 is 0 Å². The molecular formula is C11H15N3O5S. The minimum absolute atomic E-state index is 0.363. The Morgan fingerprint density at radius 1 is 1.25 bits per heavy atom. The van der Waals surface area contributed by atoms with Crippen molar-refractivity contribution in [3.8, 4) is 11.5 Å². The van der Waals surface area contributed by atoms with Gasteiger partial charge in [0.15, 0.2) is 11.5 Å².